The number of nitrogens with zero attached hydrogens (tertiary/aromatic N) is 2. The Hall–Kier alpha value is -6.88. The SMILES string of the molecule is CC1(C)c2ccccc2-c2cc3c4c(c21)-c1c(ccc2sc5cc6ccccc6cc5c12)N(c1ccc(-c2ccccc2)cc1)B4c1cc(C24CC5CC(CC(C5)C2)C4)cc2c4cc(C56CC7CC(CC(C7)C5)C6)ccc4n-3c12. The molecule has 0 saturated heterocycles. The van der Waals surface area contributed by atoms with Crippen molar-refractivity contribution in [3.05, 3.63) is 186 Å². The average Bonchev–Trinajstić information content (AvgIpc) is 2.58. The molecule has 22 rings (SSSR count). The van der Waals surface area contributed by atoms with Crippen LogP contribution in [0.2, 0.25) is 0 Å². The van der Waals surface area contributed by atoms with E-state index in [-0.39, 0.29) is 17.7 Å². The van der Waals surface area contributed by atoms with Crippen molar-refractivity contribution in [2.45, 2.75) is 107 Å². The lowest BCUT2D eigenvalue weighted by Crippen LogP contribution is -2.61. The van der Waals surface area contributed by atoms with E-state index in [0.717, 1.165) is 35.5 Å². The molecular formula is C75H63BN2S. The molecule has 0 N–H and O–H groups in total. The average molecular weight is 1040 g/mol. The van der Waals surface area contributed by atoms with Crippen molar-refractivity contribution >= 4 is 93.2 Å². The van der Waals surface area contributed by atoms with Crippen LogP contribution in [0.1, 0.15) is 113 Å². The molecule has 0 spiro atoms. The summed E-state index contributed by atoms with van der Waals surface area (Å²) in [6, 6.07) is 65.8. The Morgan fingerprint density at radius 1 is 0.481 bits per heavy atom. The van der Waals surface area contributed by atoms with E-state index < -0.39 is 0 Å². The Balaban J connectivity index is 0.946. The van der Waals surface area contributed by atoms with Crippen LogP contribution in [-0.4, -0.2) is 11.4 Å². The van der Waals surface area contributed by atoms with Crippen LogP contribution in [0.25, 0.3) is 91.8 Å². The highest BCUT2D eigenvalue weighted by Gasteiger charge is 2.55. The van der Waals surface area contributed by atoms with E-state index in [1.165, 1.54) is 202 Å². The predicted molar refractivity (Wildman–Crippen MR) is 333 cm³/mol. The van der Waals surface area contributed by atoms with Gasteiger partial charge in [-0.25, -0.2) is 0 Å². The molecule has 382 valence electrons. The van der Waals surface area contributed by atoms with E-state index in [0.29, 0.717) is 5.41 Å². The van der Waals surface area contributed by atoms with Crippen LogP contribution >= 0.6 is 11.3 Å². The van der Waals surface area contributed by atoms with Gasteiger partial charge in [-0.15, -0.1) is 11.3 Å². The van der Waals surface area contributed by atoms with Crippen LogP contribution in [0.5, 0.6) is 0 Å². The first-order valence-corrected chi connectivity index (χ1v) is 31.3. The van der Waals surface area contributed by atoms with E-state index in [4.69, 9.17) is 0 Å². The van der Waals surface area contributed by atoms with Crippen molar-refractivity contribution in [2.24, 2.45) is 35.5 Å². The van der Waals surface area contributed by atoms with Crippen LogP contribution in [0.3, 0.4) is 0 Å². The maximum Gasteiger partial charge on any atom is 0.333 e. The van der Waals surface area contributed by atoms with Gasteiger partial charge >= 0.3 is 6.85 Å². The third-order valence-electron chi connectivity index (χ3n) is 23.4. The maximum absolute atomic E-state index is 2.86. The van der Waals surface area contributed by atoms with Crippen molar-refractivity contribution in [1.29, 1.82) is 0 Å². The minimum Gasteiger partial charge on any atom is -0.376 e. The second-order valence-electron chi connectivity index (χ2n) is 28.0. The third kappa shape index (κ3) is 5.66. The topological polar surface area (TPSA) is 8.17 Å². The molecule has 0 atom stereocenters. The lowest BCUT2D eigenvalue weighted by atomic mass is 9.42. The van der Waals surface area contributed by atoms with Crippen LogP contribution in [0, 0.1) is 35.5 Å². The zero-order valence-electron chi connectivity index (χ0n) is 45.4. The Labute approximate surface area is 467 Å². The second kappa shape index (κ2) is 14.9. The Morgan fingerprint density at radius 3 is 1.81 bits per heavy atom. The summed E-state index contributed by atoms with van der Waals surface area (Å²) < 4.78 is 5.58. The van der Waals surface area contributed by atoms with E-state index in [9.17, 15) is 0 Å². The van der Waals surface area contributed by atoms with Gasteiger partial charge in [0, 0.05) is 59.0 Å². The molecule has 11 aliphatic rings. The number of benzene rings is 9. The number of anilines is 2. The van der Waals surface area contributed by atoms with Crippen molar-refractivity contribution < 1.29 is 0 Å². The van der Waals surface area contributed by atoms with Crippen LogP contribution in [-0.2, 0) is 16.2 Å². The summed E-state index contributed by atoms with van der Waals surface area (Å²) >= 11 is 1.98. The first-order chi connectivity index (χ1) is 38.7. The Kier molecular flexibility index (Phi) is 8.30. The summed E-state index contributed by atoms with van der Waals surface area (Å²) in [7, 11) is 0. The highest BCUT2D eigenvalue weighted by molar-refractivity contribution is 7.26. The van der Waals surface area contributed by atoms with Gasteiger partial charge in [0.1, 0.15) is 0 Å². The van der Waals surface area contributed by atoms with E-state index >= 15 is 0 Å². The van der Waals surface area contributed by atoms with Gasteiger partial charge in [0.25, 0.3) is 0 Å². The molecule has 8 bridgehead atoms. The summed E-state index contributed by atoms with van der Waals surface area (Å²) in [5.41, 5.74) is 24.6. The van der Waals surface area contributed by atoms with E-state index in [1.807, 2.05) is 11.3 Å². The van der Waals surface area contributed by atoms with Crippen molar-refractivity contribution in [3.63, 3.8) is 0 Å². The summed E-state index contributed by atoms with van der Waals surface area (Å²) in [6.45, 7) is 5.03. The summed E-state index contributed by atoms with van der Waals surface area (Å²) in [5, 5.41) is 8.41. The molecule has 2 aliphatic heterocycles. The first kappa shape index (κ1) is 43.9. The van der Waals surface area contributed by atoms with Crippen molar-refractivity contribution in [1.82, 2.24) is 4.57 Å². The molecule has 4 heterocycles. The molecule has 2 aromatic heterocycles. The highest BCUT2D eigenvalue weighted by Crippen LogP contribution is 2.64. The Morgan fingerprint density at radius 2 is 1.10 bits per heavy atom. The lowest BCUT2D eigenvalue weighted by molar-refractivity contribution is -0.00526. The highest BCUT2D eigenvalue weighted by atomic mass is 32.1. The molecular weight excluding hydrogens is 972 g/mol. The van der Waals surface area contributed by atoms with Gasteiger partial charge in [-0.05, 0) is 256 Å². The summed E-state index contributed by atoms with van der Waals surface area (Å²) in [6.07, 6.45) is 17.0. The molecule has 2 nitrogen and oxygen atoms in total. The summed E-state index contributed by atoms with van der Waals surface area (Å²) in [5.74, 6) is 5.30. The monoisotopic (exact) mass is 1030 g/mol. The van der Waals surface area contributed by atoms with Crippen LogP contribution in [0.15, 0.2) is 164 Å². The fraction of sp³-hybridized carbons (Fsp3) is 0.307. The fourth-order valence-electron chi connectivity index (χ4n) is 21.2. The largest absolute Gasteiger partial charge is 0.376 e. The quantitative estimate of drug-likeness (QED) is 0.160. The minimum atomic E-state index is -0.236. The minimum absolute atomic E-state index is 0.0520. The van der Waals surface area contributed by atoms with E-state index in [2.05, 4.69) is 187 Å². The van der Waals surface area contributed by atoms with Gasteiger partial charge < -0.3 is 9.38 Å². The number of hydrogen-bond acceptors (Lipinski definition) is 2. The molecule has 0 amide bonds. The zero-order chi connectivity index (χ0) is 51.4. The number of aromatic nitrogens is 1. The van der Waals surface area contributed by atoms with Crippen molar-refractivity contribution in [2.75, 3.05) is 4.81 Å². The van der Waals surface area contributed by atoms with Gasteiger partial charge in [0.2, 0.25) is 0 Å². The van der Waals surface area contributed by atoms with Gasteiger partial charge in [0.05, 0.1) is 11.0 Å². The molecule has 9 aliphatic carbocycles. The van der Waals surface area contributed by atoms with Crippen molar-refractivity contribution in [3.8, 4) is 39.1 Å². The molecule has 11 aromatic rings. The van der Waals surface area contributed by atoms with Gasteiger partial charge in [0.15, 0.2) is 0 Å². The lowest BCUT2D eigenvalue weighted by Gasteiger charge is -2.57. The van der Waals surface area contributed by atoms with Crippen LogP contribution < -0.4 is 15.7 Å². The zero-order valence-corrected chi connectivity index (χ0v) is 46.2. The number of fused-ring (bicyclic) bond motifs is 16. The third-order valence-corrected chi connectivity index (χ3v) is 24.5. The molecule has 8 saturated carbocycles. The molecule has 4 heteroatoms. The fourth-order valence-corrected chi connectivity index (χ4v) is 22.3. The van der Waals surface area contributed by atoms with E-state index in [1.54, 1.807) is 11.1 Å². The Bertz CT molecular complexity index is 4480. The molecule has 79 heavy (non-hydrogen) atoms. The second-order valence-corrected chi connectivity index (χ2v) is 29.1. The molecule has 0 radical (unpaired) electrons. The summed E-state index contributed by atoms with van der Waals surface area (Å²) in [4.78, 5) is 2.86. The molecule has 9 aromatic carbocycles. The van der Waals surface area contributed by atoms with Crippen LogP contribution in [0.4, 0.5) is 11.4 Å². The first-order valence-electron chi connectivity index (χ1n) is 30.5. The normalized spacial score (nSPS) is 27.7. The molecule has 8 fully saturated rings. The number of rotatable bonds is 4. The number of thiophene rings is 1. The predicted octanol–water partition coefficient (Wildman–Crippen LogP) is 18.5. The van der Waals surface area contributed by atoms with Gasteiger partial charge in [-0.1, -0.05) is 117 Å². The van der Waals surface area contributed by atoms with Gasteiger partial charge in [-0.3, -0.25) is 0 Å². The smallest absolute Gasteiger partial charge is 0.333 e. The number of hydrogen-bond donors (Lipinski definition) is 0. The molecule has 0 unspecified atom stereocenters. The standard InChI is InChI=1S/C75H63BN2S/c1-73(2)60-15-9-8-14-55(60)57-35-64-71-69(70(57)73)68-63(22-23-65-67(68)59-30-50-12-6-7-13-51(50)31-66(59)79-65)78(54-19-16-49(17-20-54)48-10-4-3-5-11-48)76(71)61-34-53(75-39-45-27-46(40-75)29-47(28-45)41-75)33-58-56-32-52(18-21-62(56)77(64)72(58)61)74-36-42-24-43(37-74)26-44(25-42)38-74/h3-23,30-35,42-47H,24-29,36-41H2,1-2H3. The van der Waals surface area contributed by atoms with Gasteiger partial charge in [-0.2, -0.15) is 0 Å². The maximum atomic E-state index is 2.86.